The Hall–Kier alpha value is -2.96. The molecule has 0 amide bonds. The molecule has 0 aliphatic carbocycles. The molecule has 1 aromatic carbocycles. The number of rotatable bonds is 3. The zero-order valence-corrected chi connectivity index (χ0v) is 13.7. The van der Waals surface area contributed by atoms with Crippen molar-refractivity contribution in [3.8, 4) is 11.4 Å². The van der Waals surface area contributed by atoms with E-state index in [-0.39, 0.29) is 12.1 Å². The van der Waals surface area contributed by atoms with Gasteiger partial charge in [0.05, 0.1) is 11.8 Å². The molecule has 1 unspecified atom stereocenters. The van der Waals surface area contributed by atoms with E-state index in [1.165, 1.54) is 0 Å². The van der Waals surface area contributed by atoms with Crippen LogP contribution in [-0.4, -0.2) is 31.2 Å². The second-order valence-corrected chi connectivity index (χ2v) is 6.02. The first-order chi connectivity index (χ1) is 11.6. The highest BCUT2D eigenvalue weighted by molar-refractivity contribution is 5.80. The Kier molecular flexibility index (Phi) is 3.41. The number of nitrogens with zero attached hydrogens (tertiary/aromatic N) is 5. The Bertz CT molecular complexity index is 951. The Morgan fingerprint density at radius 1 is 1.25 bits per heavy atom. The molecule has 4 rings (SSSR count). The van der Waals surface area contributed by atoms with E-state index in [9.17, 15) is 0 Å². The SMILES string of the molecule is CC1C=C(c2nc(-c3ccc4c(c3)nnn4C(C)C)no2)C=CO1. The number of ether oxygens (including phenoxy) is 1. The van der Waals surface area contributed by atoms with Gasteiger partial charge in [0, 0.05) is 17.2 Å². The maximum absolute atomic E-state index is 5.38. The summed E-state index contributed by atoms with van der Waals surface area (Å²) < 4.78 is 12.6. The van der Waals surface area contributed by atoms with E-state index in [4.69, 9.17) is 9.26 Å². The fourth-order valence-corrected chi connectivity index (χ4v) is 2.65. The van der Waals surface area contributed by atoms with Gasteiger partial charge in [0.2, 0.25) is 5.82 Å². The number of hydrogen-bond acceptors (Lipinski definition) is 6. The molecule has 122 valence electrons. The molecule has 7 heteroatoms. The molecule has 0 bridgehead atoms. The molecule has 3 aromatic rings. The third kappa shape index (κ3) is 2.47. The largest absolute Gasteiger partial charge is 0.494 e. The van der Waals surface area contributed by atoms with E-state index < -0.39 is 0 Å². The van der Waals surface area contributed by atoms with Crippen LogP contribution >= 0.6 is 0 Å². The fraction of sp³-hybridized carbons (Fsp3) is 0.294. The van der Waals surface area contributed by atoms with Gasteiger partial charge in [-0.1, -0.05) is 10.4 Å². The van der Waals surface area contributed by atoms with Gasteiger partial charge in [0.1, 0.15) is 11.6 Å². The molecule has 7 nitrogen and oxygen atoms in total. The van der Waals surface area contributed by atoms with Crippen molar-refractivity contribution in [2.75, 3.05) is 0 Å². The fourth-order valence-electron chi connectivity index (χ4n) is 2.65. The lowest BCUT2D eigenvalue weighted by molar-refractivity contribution is 0.201. The number of hydrogen-bond donors (Lipinski definition) is 0. The van der Waals surface area contributed by atoms with Gasteiger partial charge in [-0.05, 0) is 51.1 Å². The minimum atomic E-state index is -0.0113. The number of allylic oxidation sites excluding steroid dienone is 2. The van der Waals surface area contributed by atoms with Crippen LogP contribution in [0.4, 0.5) is 0 Å². The van der Waals surface area contributed by atoms with Crippen molar-refractivity contribution in [3.63, 3.8) is 0 Å². The highest BCUT2D eigenvalue weighted by Crippen LogP contribution is 2.25. The highest BCUT2D eigenvalue weighted by atomic mass is 16.5. The van der Waals surface area contributed by atoms with E-state index in [2.05, 4.69) is 34.3 Å². The first-order valence-corrected chi connectivity index (χ1v) is 7.85. The molecule has 0 fully saturated rings. The van der Waals surface area contributed by atoms with E-state index >= 15 is 0 Å². The molecular weight excluding hydrogens is 306 g/mol. The summed E-state index contributed by atoms with van der Waals surface area (Å²) in [6.07, 6.45) is 5.38. The quantitative estimate of drug-likeness (QED) is 0.735. The first kappa shape index (κ1) is 14.6. The third-order valence-corrected chi connectivity index (χ3v) is 3.85. The number of aromatic nitrogens is 5. The summed E-state index contributed by atoms with van der Waals surface area (Å²) in [5.74, 6) is 1.00. The van der Waals surface area contributed by atoms with Crippen LogP contribution in [0.5, 0.6) is 0 Å². The average Bonchev–Trinajstić information content (AvgIpc) is 3.21. The summed E-state index contributed by atoms with van der Waals surface area (Å²) in [4.78, 5) is 4.48. The van der Waals surface area contributed by atoms with Gasteiger partial charge in [0.25, 0.3) is 5.89 Å². The van der Waals surface area contributed by atoms with Crippen molar-refractivity contribution >= 4 is 16.6 Å². The second-order valence-electron chi connectivity index (χ2n) is 6.02. The summed E-state index contributed by atoms with van der Waals surface area (Å²) in [7, 11) is 0. The van der Waals surface area contributed by atoms with Crippen molar-refractivity contribution in [1.29, 1.82) is 0 Å². The lowest BCUT2D eigenvalue weighted by atomic mass is 10.1. The lowest BCUT2D eigenvalue weighted by Crippen LogP contribution is -2.04. The maximum atomic E-state index is 5.38. The van der Waals surface area contributed by atoms with Crippen LogP contribution in [0.3, 0.4) is 0 Å². The number of benzene rings is 1. The molecule has 1 aliphatic rings. The van der Waals surface area contributed by atoms with E-state index in [0.29, 0.717) is 11.7 Å². The second kappa shape index (κ2) is 5.59. The molecule has 0 spiro atoms. The van der Waals surface area contributed by atoms with Crippen LogP contribution in [0.15, 0.2) is 41.1 Å². The van der Waals surface area contributed by atoms with E-state index in [1.807, 2.05) is 42.0 Å². The van der Waals surface area contributed by atoms with Crippen LogP contribution in [0.1, 0.15) is 32.7 Å². The molecule has 0 saturated carbocycles. The average molecular weight is 323 g/mol. The van der Waals surface area contributed by atoms with Gasteiger partial charge in [-0.15, -0.1) is 5.10 Å². The minimum absolute atomic E-state index is 0.0113. The Morgan fingerprint density at radius 2 is 2.12 bits per heavy atom. The standard InChI is InChI=1S/C17H17N5O2/c1-10(2)22-15-5-4-12(9-14(15)19-21-22)16-18-17(24-20-16)13-6-7-23-11(3)8-13/h4-11H,1-3H3. The molecule has 24 heavy (non-hydrogen) atoms. The lowest BCUT2D eigenvalue weighted by Gasteiger charge is -2.11. The van der Waals surface area contributed by atoms with Crippen molar-refractivity contribution in [2.45, 2.75) is 32.9 Å². The molecule has 0 N–H and O–H groups in total. The van der Waals surface area contributed by atoms with Gasteiger partial charge < -0.3 is 9.26 Å². The zero-order chi connectivity index (χ0) is 16.7. The highest BCUT2D eigenvalue weighted by Gasteiger charge is 2.16. The van der Waals surface area contributed by atoms with Gasteiger partial charge in [0.15, 0.2) is 0 Å². The Morgan fingerprint density at radius 3 is 2.92 bits per heavy atom. The van der Waals surface area contributed by atoms with E-state index in [0.717, 1.165) is 22.2 Å². The topological polar surface area (TPSA) is 78.9 Å². The normalized spacial score (nSPS) is 17.3. The van der Waals surface area contributed by atoms with Crippen molar-refractivity contribution in [1.82, 2.24) is 25.1 Å². The smallest absolute Gasteiger partial charge is 0.258 e. The molecule has 0 saturated heterocycles. The predicted octanol–water partition coefficient (Wildman–Crippen LogP) is 3.38. The monoisotopic (exact) mass is 323 g/mol. The molecule has 3 heterocycles. The van der Waals surface area contributed by atoms with E-state index in [1.54, 1.807) is 6.26 Å². The third-order valence-electron chi connectivity index (χ3n) is 3.85. The minimum Gasteiger partial charge on any atom is -0.494 e. The van der Waals surface area contributed by atoms with Crippen molar-refractivity contribution in [2.24, 2.45) is 0 Å². The van der Waals surface area contributed by atoms with Crippen LogP contribution in [-0.2, 0) is 4.74 Å². The molecular formula is C17H17N5O2. The maximum Gasteiger partial charge on any atom is 0.258 e. The van der Waals surface area contributed by atoms with Gasteiger partial charge in [-0.2, -0.15) is 4.98 Å². The Labute approximate surface area is 138 Å². The summed E-state index contributed by atoms with van der Waals surface area (Å²) in [5, 5.41) is 12.5. The molecule has 0 radical (unpaired) electrons. The predicted molar refractivity (Wildman–Crippen MR) is 88.9 cm³/mol. The molecule has 1 atom stereocenters. The van der Waals surface area contributed by atoms with Crippen molar-refractivity contribution < 1.29 is 9.26 Å². The van der Waals surface area contributed by atoms with Crippen LogP contribution < -0.4 is 0 Å². The van der Waals surface area contributed by atoms with Gasteiger partial charge in [-0.25, -0.2) is 4.68 Å². The van der Waals surface area contributed by atoms with Crippen molar-refractivity contribution in [3.05, 3.63) is 42.5 Å². The summed E-state index contributed by atoms with van der Waals surface area (Å²) in [6.45, 7) is 6.10. The zero-order valence-electron chi connectivity index (χ0n) is 13.7. The first-order valence-electron chi connectivity index (χ1n) is 7.85. The Balaban J connectivity index is 1.70. The van der Waals surface area contributed by atoms with Gasteiger partial charge in [-0.3, -0.25) is 0 Å². The van der Waals surface area contributed by atoms with Crippen LogP contribution in [0.25, 0.3) is 28.0 Å². The number of fused-ring (bicyclic) bond motifs is 1. The van der Waals surface area contributed by atoms with Crippen LogP contribution in [0, 0.1) is 0 Å². The summed E-state index contributed by atoms with van der Waals surface area (Å²) >= 11 is 0. The molecule has 2 aromatic heterocycles. The summed E-state index contributed by atoms with van der Waals surface area (Å²) in [6, 6.07) is 6.12. The van der Waals surface area contributed by atoms with Crippen LogP contribution in [0.2, 0.25) is 0 Å². The van der Waals surface area contributed by atoms with Gasteiger partial charge >= 0.3 is 0 Å². The molecule has 1 aliphatic heterocycles. The summed E-state index contributed by atoms with van der Waals surface area (Å²) in [5.41, 5.74) is 3.50.